The van der Waals surface area contributed by atoms with Crippen molar-refractivity contribution in [3.05, 3.63) is 30.1 Å². The Kier molecular flexibility index (Phi) is 7.08. The molecule has 0 spiro atoms. The van der Waals surface area contributed by atoms with E-state index in [1.54, 1.807) is 0 Å². The van der Waals surface area contributed by atoms with Crippen LogP contribution in [0.2, 0.25) is 0 Å². The van der Waals surface area contributed by atoms with Crippen molar-refractivity contribution < 1.29 is 4.79 Å². The van der Waals surface area contributed by atoms with E-state index in [9.17, 15) is 4.79 Å². The Morgan fingerprint density at radius 1 is 1.42 bits per heavy atom. The molecule has 0 bridgehead atoms. The molecule has 0 fully saturated rings. The number of aromatic amines is 1. The summed E-state index contributed by atoms with van der Waals surface area (Å²) in [5, 5.41) is 6.23. The summed E-state index contributed by atoms with van der Waals surface area (Å²) in [6.07, 6.45) is 0.909. The minimum atomic E-state index is -0.273. The number of aromatic nitrogens is 2. The number of nitrogens with two attached hydrogens (primary N) is 1. The van der Waals surface area contributed by atoms with E-state index in [0.29, 0.717) is 18.8 Å². The second kappa shape index (κ2) is 9.05. The van der Waals surface area contributed by atoms with Gasteiger partial charge in [-0.05, 0) is 18.1 Å². The summed E-state index contributed by atoms with van der Waals surface area (Å²) >= 11 is 4.18. The van der Waals surface area contributed by atoms with Gasteiger partial charge in [0, 0.05) is 18.3 Å². The smallest absolute Gasteiger partial charge is 0.237 e. The van der Waals surface area contributed by atoms with Gasteiger partial charge in [0.2, 0.25) is 5.91 Å². The van der Waals surface area contributed by atoms with E-state index in [1.165, 1.54) is 0 Å². The van der Waals surface area contributed by atoms with Crippen molar-refractivity contribution in [2.24, 2.45) is 11.7 Å². The highest BCUT2D eigenvalue weighted by Crippen LogP contribution is 2.11. The van der Waals surface area contributed by atoms with E-state index in [2.05, 4.69) is 47.1 Å². The maximum atomic E-state index is 12.6. The van der Waals surface area contributed by atoms with Crippen molar-refractivity contribution in [3.8, 4) is 0 Å². The van der Waals surface area contributed by atoms with E-state index in [1.807, 2.05) is 24.3 Å². The molecule has 1 amide bonds. The molecule has 3 atom stereocenters. The fourth-order valence-corrected chi connectivity index (χ4v) is 2.63. The molecule has 0 saturated heterocycles. The topological polar surface area (TPSA) is 95.8 Å². The van der Waals surface area contributed by atoms with Gasteiger partial charge in [-0.15, -0.1) is 0 Å². The van der Waals surface area contributed by atoms with Crippen molar-refractivity contribution in [2.75, 3.05) is 12.3 Å². The average molecular weight is 350 g/mol. The van der Waals surface area contributed by atoms with Crippen LogP contribution in [0, 0.1) is 5.92 Å². The Morgan fingerprint density at radius 3 is 2.83 bits per heavy atom. The molecule has 0 aliphatic carbocycles. The summed E-state index contributed by atoms with van der Waals surface area (Å²) in [6.45, 7) is 5.08. The van der Waals surface area contributed by atoms with Crippen LogP contribution in [0.15, 0.2) is 24.3 Å². The first-order valence-electron chi connectivity index (χ1n) is 8.36. The second-order valence-corrected chi connectivity index (χ2v) is 6.50. The van der Waals surface area contributed by atoms with Gasteiger partial charge in [-0.2, -0.15) is 12.6 Å². The zero-order valence-corrected chi connectivity index (χ0v) is 15.1. The van der Waals surface area contributed by atoms with Gasteiger partial charge in [0.25, 0.3) is 0 Å². The maximum Gasteiger partial charge on any atom is 0.237 e. The molecule has 0 saturated carbocycles. The monoisotopic (exact) mass is 349 g/mol. The molecule has 6 nitrogen and oxygen atoms in total. The van der Waals surface area contributed by atoms with Gasteiger partial charge in [0.1, 0.15) is 5.82 Å². The Morgan fingerprint density at radius 2 is 2.17 bits per heavy atom. The minimum Gasteiger partial charge on any atom is -0.348 e. The van der Waals surface area contributed by atoms with Crippen LogP contribution >= 0.6 is 12.6 Å². The van der Waals surface area contributed by atoms with Crippen molar-refractivity contribution in [3.63, 3.8) is 0 Å². The lowest BCUT2D eigenvalue weighted by molar-refractivity contribution is -0.124. The largest absolute Gasteiger partial charge is 0.348 e. The summed E-state index contributed by atoms with van der Waals surface area (Å²) in [6, 6.07) is 7.47. The van der Waals surface area contributed by atoms with E-state index in [0.717, 1.165) is 23.3 Å². The molecule has 1 aromatic carbocycles. The van der Waals surface area contributed by atoms with Gasteiger partial charge < -0.3 is 21.4 Å². The SMILES string of the molecule is CC[C@H](C)[C@@H](NCC(N)CS)C(=O)NCc1nc2ccccc2[nH]1. The third-order valence-corrected chi connectivity index (χ3v) is 4.67. The minimum absolute atomic E-state index is 0.0313. The number of carbonyl (C=O) groups is 1. The normalized spacial score (nSPS) is 15.2. The molecule has 7 heteroatoms. The van der Waals surface area contributed by atoms with Crippen LogP contribution in [0.4, 0.5) is 0 Å². The predicted octanol–water partition coefficient (Wildman–Crippen LogP) is 1.44. The number of rotatable bonds is 9. The summed E-state index contributed by atoms with van der Waals surface area (Å²) in [7, 11) is 0. The Hall–Kier alpha value is -1.57. The maximum absolute atomic E-state index is 12.6. The van der Waals surface area contributed by atoms with Crippen molar-refractivity contribution in [2.45, 2.75) is 38.9 Å². The van der Waals surface area contributed by atoms with E-state index in [-0.39, 0.29) is 23.9 Å². The molecule has 1 unspecified atom stereocenters. The molecular formula is C17H27N5OS. The van der Waals surface area contributed by atoms with Crippen molar-refractivity contribution in [1.82, 2.24) is 20.6 Å². The number of nitrogens with zero attached hydrogens (tertiary/aromatic N) is 1. The molecule has 5 N–H and O–H groups in total. The first-order valence-corrected chi connectivity index (χ1v) is 8.99. The molecule has 0 radical (unpaired) electrons. The molecule has 0 aliphatic heterocycles. The standard InChI is InChI=1S/C17H27N5OS/c1-3-11(2)16(19-8-12(18)10-24)17(23)20-9-15-21-13-6-4-5-7-14(13)22-15/h4-7,11-12,16,19,24H,3,8-10,18H2,1-2H3,(H,20,23)(H,21,22)/t11-,12?,16+/m0/s1. The Bertz CT molecular complexity index is 626. The fourth-order valence-electron chi connectivity index (χ4n) is 2.50. The molecule has 24 heavy (non-hydrogen) atoms. The van der Waals surface area contributed by atoms with Gasteiger partial charge >= 0.3 is 0 Å². The van der Waals surface area contributed by atoms with Crippen LogP contribution < -0.4 is 16.4 Å². The van der Waals surface area contributed by atoms with Gasteiger partial charge in [-0.3, -0.25) is 4.79 Å². The number of hydrogen-bond donors (Lipinski definition) is 5. The van der Waals surface area contributed by atoms with E-state index in [4.69, 9.17) is 5.73 Å². The summed E-state index contributed by atoms with van der Waals surface area (Å²) in [5.41, 5.74) is 7.76. The number of para-hydroxylation sites is 2. The van der Waals surface area contributed by atoms with Crippen LogP contribution in [0.1, 0.15) is 26.1 Å². The Labute approximate surface area is 148 Å². The van der Waals surface area contributed by atoms with Gasteiger partial charge in [-0.25, -0.2) is 4.98 Å². The first-order chi connectivity index (χ1) is 11.5. The highest BCUT2D eigenvalue weighted by atomic mass is 32.1. The summed E-state index contributed by atoms with van der Waals surface area (Å²) in [4.78, 5) is 20.2. The average Bonchev–Trinajstić information content (AvgIpc) is 3.02. The number of thiol groups is 1. The number of H-pyrrole nitrogens is 1. The number of fused-ring (bicyclic) bond motifs is 1. The van der Waals surface area contributed by atoms with E-state index < -0.39 is 0 Å². The quantitative estimate of drug-likeness (QED) is 0.443. The zero-order valence-electron chi connectivity index (χ0n) is 14.2. The lowest BCUT2D eigenvalue weighted by Gasteiger charge is -2.24. The van der Waals surface area contributed by atoms with Gasteiger partial charge in [-0.1, -0.05) is 32.4 Å². The van der Waals surface area contributed by atoms with Crippen molar-refractivity contribution >= 4 is 29.6 Å². The van der Waals surface area contributed by atoms with Crippen molar-refractivity contribution in [1.29, 1.82) is 0 Å². The van der Waals surface area contributed by atoms with Crippen LogP contribution in [0.3, 0.4) is 0 Å². The number of imidazole rings is 1. The number of hydrogen-bond acceptors (Lipinski definition) is 5. The lowest BCUT2D eigenvalue weighted by Crippen LogP contribution is -2.51. The highest BCUT2D eigenvalue weighted by molar-refractivity contribution is 7.80. The molecule has 2 rings (SSSR count). The van der Waals surface area contributed by atoms with Gasteiger partial charge in [0.15, 0.2) is 0 Å². The van der Waals surface area contributed by atoms with Gasteiger partial charge in [0.05, 0.1) is 23.6 Å². The second-order valence-electron chi connectivity index (χ2n) is 6.13. The van der Waals surface area contributed by atoms with E-state index >= 15 is 0 Å². The van der Waals surface area contributed by atoms with Crippen LogP contribution in [0.5, 0.6) is 0 Å². The van der Waals surface area contributed by atoms with Crippen LogP contribution in [-0.4, -0.2) is 40.3 Å². The predicted molar refractivity (Wildman–Crippen MR) is 101 cm³/mol. The molecule has 2 aromatic rings. The molecular weight excluding hydrogens is 322 g/mol. The zero-order chi connectivity index (χ0) is 17.5. The van der Waals surface area contributed by atoms with Crippen LogP contribution in [0.25, 0.3) is 11.0 Å². The summed E-state index contributed by atoms with van der Waals surface area (Å²) < 4.78 is 0. The Balaban J connectivity index is 1.95. The molecule has 1 aromatic heterocycles. The molecule has 0 aliphatic rings. The third kappa shape index (κ3) is 4.96. The number of carbonyl (C=O) groups excluding carboxylic acids is 1. The fraction of sp³-hybridized carbons (Fsp3) is 0.529. The molecule has 132 valence electrons. The summed E-state index contributed by atoms with van der Waals surface area (Å²) in [5.74, 6) is 1.52. The molecule has 1 heterocycles. The third-order valence-electron chi connectivity index (χ3n) is 4.20. The number of benzene rings is 1. The number of nitrogens with one attached hydrogen (secondary N) is 3. The lowest BCUT2D eigenvalue weighted by atomic mass is 9.98. The number of amides is 1. The van der Waals surface area contributed by atoms with Crippen LogP contribution in [-0.2, 0) is 11.3 Å². The first kappa shape index (κ1) is 18.8. The highest BCUT2D eigenvalue weighted by Gasteiger charge is 2.24.